The number of anilines is 1. The van der Waals surface area contributed by atoms with Crippen LogP contribution in [0.3, 0.4) is 0 Å². The van der Waals surface area contributed by atoms with E-state index in [1.54, 1.807) is 12.1 Å². The molecule has 1 aromatic heterocycles. The summed E-state index contributed by atoms with van der Waals surface area (Å²) in [6.07, 6.45) is 0.153. The number of benzene rings is 1. The highest BCUT2D eigenvalue weighted by molar-refractivity contribution is 5.90. The summed E-state index contributed by atoms with van der Waals surface area (Å²) in [4.78, 5) is 13.1. The number of carbonyl (C=O) groups is 1. The summed E-state index contributed by atoms with van der Waals surface area (Å²) in [5.41, 5.74) is 7.34. The molecule has 2 aromatic rings. The van der Waals surface area contributed by atoms with Crippen LogP contribution in [0.5, 0.6) is 0 Å². The van der Waals surface area contributed by atoms with Crippen LogP contribution in [-0.2, 0) is 6.54 Å². The van der Waals surface area contributed by atoms with E-state index in [2.05, 4.69) is 10.2 Å². The third-order valence-corrected chi connectivity index (χ3v) is 3.67. The highest BCUT2D eigenvalue weighted by Crippen LogP contribution is 2.28. The lowest BCUT2D eigenvalue weighted by molar-refractivity contribution is 0.0994. The number of aliphatic hydroxyl groups is 1. The van der Waals surface area contributed by atoms with Crippen molar-refractivity contribution in [1.82, 2.24) is 10.2 Å². The summed E-state index contributed by atoms with van der Waals surface area (Å²) in [6, 6.07) is 11.1. The van der Waals surface area contributed by atoms with Gasteiger partial charge in [-0.1, -0.05) is 24.3 Å². The van der Waals surface area contributed by atoms with E-state index in [4.69, 9.17) is 5.73 Å². The average molecular weight is 284 g/mol. The molecule has 21 heavy (non-hydrogen) atoms. The Balaban J connectivity index is 1.88. The van der Waals surface area contributed by atoms with E-state index in [1.165, 1.54) is 0 Å². The number of nitrogens with two attached hydrogens (primary N) is 1. The molecule has 0 fully saturated rings. The number of hydrogen-bond acceptors (Lipinski definition) is 5. The van der Waals surface area contributed by atoms with Crippen LogP contribution in [0.25, 0.3) is 0 Å². The molecule has 1 unspecified atom stereocenters. The van der Waals surface area contributed by atoms with Crippen LogP contribution in [0.2, 0.25) is 0 Å². The van der Waals surface area contributed by atoms with Gasteiger partial charge in [-0.05, 0) is 29.7 Å². The van der Waals surface area contributed by atoms with E-state index in [1.807, 2.05) is 29.2 Å². The van der Waals surface area contributed by atoms with Crippen molar-refractivity contribution >= 4 is 11.7 Å². The Kier molecular flexibility index (Phi) is 3.53. The van der Waals surface area contributed by atoms with E-state index < -0.39 is 12.0 Å². The summed E-state index contributed by atoms with van der Waals surface area (Å²) in [5, 5.41) is 18.1. The number of nitrogens with zero attached hydrogens (tertiary/aromatic N) is 3. The largest absolute Gasteiger partial charge is 0.388 e. The molecule has 1 atom stereocenters. The lowest BCUT2D eigenvalue weighted by Gasteiger charge is -2.21. The van der Waals surface area contributed by atoms with Gasteiger partial charge in [-0.15, -0.1) is 10.2 Å². The normalized spacial score (nSPS) is 18.0. The van der Waals surface area contributed by atoms with Crippen LogP contribution in [0, 0.1) is 0 Å². The number of hydrogen-bond donors (Lipinski definition) is 2. The zero-order valence-corrected chi connectivity index (χ0v) is 11.4. The topological polar surface area (TPSA) is 92.3 Å². The van der Waals surface area contributed by atoms with Gasteiger partial charge in [-0.3, -0.25) is 4.79 Å². The number of primary amides is 1. The molecule has 1 amide bonds. The van der Waals surface area contributed by atoms with E-state index in [9.17, 15) is 9.90 Å². The zero-order chi connectivity index (χ0) is 14.8. The molecule has 2 heterocycles. The molecule has 108 valence electrons. The molecule has 0 bridgehead atoms. The highest BCUT2D eigenvalue weighted by atomic mass is 16.3. The number of amides is 1. The Bertz CT molecular complexity index is 657. The third-order valence-electron chi connectivity index (χ3n) is 3.67. The number of carbonyl (C=O) groups excluding carboxylic acids is 1. The third kappa shape index (κ3) is 2.71. The lowest BCUT2D eigenvalue weighted by Crippen LogP contribution is -2.24. The van der Waals surface area contributed by atoms with Crippen molar-refractivity contribution in [2.45, 2.75) is 19.1 Å². The molecule has 0 radical (unpaired) electrons. The van der Waals surface area contributed by atoms with Gasteiger partial charge < -0.3 is 15.7 Å². The first-order valence-corrected chi connectivity index (χ1v) is 6.79. The van der Waals surface area contributed by atoms with Gasteiger partial charge in [0.05, 0.1) is 6.10 Å². The average Bonchev–Trinajstić information content (AvgIpc) is 2.67. The summed E-state index contributed by atoms with van der Waals surface area (Å²) < 4.78 is 0. The molecule has 0 aliphatic carbocycles. The zero-order valence-electron chi connectivity index (χ0n) is 11.4. The van der Waals surface area contributed by atoms with Crippen molar-refractivity contribution in [3.8, 4) is 0 Å². The van der Waals surface area contributed by atoms with E-state index >= 15 is 0 Å². The van der Waals surface area contributed by atoms with Gasteiger partial charge in [0.2, 0.25) is 0 Å². The Hall–Kier alpha value is -2.47. The Labute approximate surface area is 122 Å². The van der Waals surface area contributed by atoms with Crippen molar-refractivity contribution in [2.24, 2.45) is 5.73 Å². The molecule has 6 heteroatoms. The van der Waals surface area contributed by atoms with E-state index in [-0.39, 0.29) is 5.69 Å². The lowest BCUT2D eigenvalue weighted by atomic mass is 10.0. The fourth-order valence-electron chi connectivity index (χ4n) is 2.54. The van der Waals surface area contributed by atoms with Crippen molar-refractivity contribution in [3.05, 3.63) is 53.2 Å². The van der Waals surface area contributed by atoms with Gasteiger partial charge in [0, 0.05) is 13.1 Å². The van der Waals surface area contributed by atoms with Crippen molar-refractivity contribution < 1.29 is 9.90 Å². The molecule has 3 N–H and O–H groups in total. The first-order chi connectivity index (χ1) is 10.1. The molecule has 0 spiro atoms. The van der Waals surface area contributed by atoms with Gasteiger partial charge in [-0.25, -0.2) is 0 Å². The maximum Gasteiger partial charge on any atom is 0.269 e. The van der Waals surface area contributed by atoms with Crippen LogP contribution in [-0.4, -0.2) is 27.8 Å². The second kappa shape index (κ2) is 5.49. The maximum atomic E-state index is 11.0. The summed E-state index contributed by atoms with van der Waals surface area (Å²) in [7, 11) is 0. The fraction of sp³-hybridized carbons (Fsp3) is 0.267. The van der Waals surface area contributed by atoms with Gasteiger partial charge in [0.25, 0.3) is 5.91 Å². The molecule has 1 aliphatic rings. The standard InChI is InChI=1S/C15H16N4O2/c16-15(21)12-5-6-14(18-17-12)19-8-7-13(20)11-4-2-1-3-10(11)9-19/h1-6,13,20H,7-9H2,(H2,16,21). The maximum absolute atomic E-state index is 11.0. The minimum atomic E-state index is -0.592. The molecule has 3 rings (SSSR count). The molecule has 0 saturated heterocycles. The monoisotopic (exact) mass is 284 g/mol. The van der Waals surface area contributed by atoms with Crippen LogP contribution in [0.4, 0.5) is 5.82 Å². The Morgan fingerprint density at radius 3 is 2.76 bits per heavy atom. The number of rotatable bonds is 2. The van der Waals surface area contributed by atoms with Crippen LogP contribution < -0.4 is 10.6 Å². The molecule has 0 saturated carbocycles. The quantitative estimate of drug-likeness (QED) is 0.859. The minimum Gasteiger partial charge on any atom is -0.388 e. The Morgan fingerprint density at radius 2 is 2.05 bits per heavy atom. The first-order valence-electron chi connectivity index (χ1n) is 6.79. The number of aromatic nitrogens is 2. The van der Waals surface area contributed by atoms with Crippen molar-refractivity contribution in [1.29, 1.82) is 0 Å². The van der Waals surface area contributed by atoms with Gasteiger partial charge in [0.1, 0.15) is 0 Å². The van der Waals surface area contributed by atoms with E-state index in [0.29, 0.717) is 25.3 Å². The predicted octanol–water partition coefficient (Wildman–Crippen LogP) is 1.02. The SMILES string of the molecule is NC(=O)c1ccc(N2CCC(O)c3ccccc3C2)nn1. The van der Waals surface area contributed by atoms with Crippen LogP contribution >= 0.6 is 0 Å². The van der Waals surface area contributed by atoms with Crippen LogP contribution in [0.1, 0.15) is 34.1 Å². The van der Waals surface area contributed by atoms with Crippen molar-refractivity contribution in [3.63, 3.8) is 0 Å². The number of fused-ring (bicyclic) bond motifs is 1. The van der Waals surface area contributed by atoms with Gasteiger partial charge >= 0.3 is 0 Å². The summed E-state index contributed by atoms with van der Waals surface area (Å²) in [5.74, 6) is 0.0783. The molecular formula is C15H16N4O2. The molecule has 6 nitrogen and oxygen atoms in total. The van der Waals surface area contributed by atoms with Crippen molar-refractivity contribution in [2.75, 3.05) is 11.4 Å². The van der Waals surface area contributed by atoms with E-state index in [0.717, 1.165) is 11.1 Å². The predicted molar refractivity (Wildman–Crippen MR) is 77.6 cm³/mol. The first kappa shape index (κ1) is 13.5. The highest BCUT2D eigenvalue weighted by Gasteiger charge is 2.21. The smallest absolute Gasteiger partial charge is 0.269 e. The molecule has 1 aliphatic heterocycles. The van der Waals surface area contributed by atoms with Gasteiger partial charge in [-0.2, -0.15) is 0 Å². The Morgan fingerprint density at radius 1 is 1.24 bits per heavy atom. The summed E-state index contributed by atoms with van der Waals surface area (Å²) >= 11 is 0. The number of aliphatic hydroxyl groups excluding tert-OH is 1. The fourth-order valence-corrected chi connectivity index (χ4v) is 2.54. The van der Waals surface area contributed by atoms with Crippen LogP contribution in [0.15, 0.2) is 36.4 Å². The molecular weight excluding hydrogens is 268 g/mol. The molecule has 1 aromatic carbocycles. The second-order valence-corrected chi connectivity index (χ2v) is 5.07. The summed E-state index contributed by atoms with van der Waals surface area (Å²) in [6.45, 7) is 1.32. The minimum absolute atomic E-state index is 0.147. The second-order valence-electron chi connectivity index (χ2n) is 5.07. The van der Waals surface area contributed by atoms with Gasteiger partial charge in [0.15, 0.2) is 11.5 Å².